The zero-order valence-electron chi connectivity index (χ0n) is 22.3. The lowest BCUT2D eigenvalue weighted by molar-refractivity contribution is -0.143. The van der Waals surface area contributed by atoms with Crippen molar-refractivity contribution in [1.82, 2.24) is 4.98 Å². The Labute approximate surface area is 241 Å². The first-order valence-corrected chi connectivity index (χ1v) is 13.1. The number of anilines is 2. The maximum absolute atomic E-state index is 13.8. The number of halogens is 7. The van der Waals surface area contributed by atoms with Gasteiger partial charge in [0.15, 0.2) is 0 Å². The third-order valence-corrected chi connectivity index (χ3v) is 7.30. The molecule has 41 heavy (non-hydrogen) atoms. The molecule has 13 heteroatoms. The molecule has 2 N–H and O–H groups in total. The number of likely N-dealkylation sites (N-methyl/N-ethyl adjacent to an activating group) is 1. The second-order valence-corrected chi connectivity index (χ2v) is 10.6. The van der Waals surface area contributed by atoms with Gasteiger partial charge in [-0.05, 0) is 55.3 Å². The fourth-order valence-corrected chi connectivity index (χ4v) is 4.82. The van der Waals surface area contributed by atoms with Crippen LogP contribution >= 0.6 is 15.9 Å². The quantitative estimate of drug-likeness (QED) is 0.267. The summed E-state index contributed by atoms with van der Waals surface area (Å²) in [7, 11) is 1.36. The standard InChI is InChI=1S/C28H28BrF6N3O3/c1-26(2,17-12-18(27(30,31)32)14-19(13-17)28(33,34)35)25(41)37(3)23-16-36-24(38(8-10-39)9-11-40)15-21(23)20-6-4-5-7-22(20)29/h4-7,12-16,39-40H,8-11H2,1-3H3. The van der Waals surface area contributed by atoms with Gasteiger partial charge in [0.1, 0.15) is 5.82 Å². The van der Waals surface area contributed by atoms with Crippen LogP contribution in [-0.4, -0.2) is 54.5 Å². The highest BCUT2D eigenvalue weighted by Crippen LogP contribution is 2.41. The summed E-state index contributed by atoms with van der Waals surface area (Å²) >= 11 is 3.48. The average Bonchev–Trinajstić information content (AvgIpc) is 2.91. The number of hydrogen-bond donors (Lipinski definition) is 2. The van der Waals surface area contributed by atoms with Gasteiger partial charge in [0, 0.05) is 30.2 Å². The fourth-order valence-electron chi connectivity index (χ4n) is 4.32. The third-order valence-electron chi connectivity index (χ3n) is 6.61. The van der Waals surface area contributed by atoms with Gasteiger partial charge in [-0.25, -0.2) is 4.98 Å². The zero-order valence-corrected chi connectivity index (χ0v) is 23.9. The van der Waals surface area contributed by atoms with Crippen molar-refractivity contribution >= 4 is 33.3 Å². The van der Waals surface area contributed by atoms with Crippen LogP contribution in [0.2, 0.25) is 0 Å². The van der Waals surface area contributed by atoms with Crippen LogP contribution in [-0.2, 0) is 22.6 Å². The van der Waals surface area contributed by atoms with Crippen LogP contribution in [0.4, 0.5) is 37.8 Å². The number of nitrogens with zero attached hydrogens (tertiary/aromatic N) is 3. The number of aliphatic hydroxyl groups excluding tert-OH is 2. The minimum absolute atomic E-state index is 0.0198. The lowest BCUT2D eigenvalue weighted by Crippen LogP contribution is -2.42. The van der Waals surface area contributed by atoms with E-state index in [4.69, 9.17) is 0 Å². The van der Waals surface area contributed by atoms with Crippen molar-refractivity contribution in [1.29, 1.82) is 0 Å². The van der Waals surface area contributed by atoms with E-state index in [2.05, 4.69) is 20.9 Å². The third kappa shape index (κ3) is 7.19. The molecule has 0 bridgehead atoms. The summed E-state index contributed by atoms with van der Waals surface area (Å²) in [6.07, 6.45) is -8.78. The molecule has 3 rings (SSSR count). The minimum Gasteiger partial charge on any atom is -0.395 e. The van der Waals surface area contributed by atoms with Crippen molar-refractivity contribution in [3.8, 4) is 11.1 Å². The molecule has 222 valence electrons. The minimum atomic E-state index is -5.07. The molecule has 0 saturated carbocycles. The Morgan fingerprint density at radius 2 is 1.37 bits per heavy atom. The second-order valence-electron chi connectivity index (χ2n) is 9.76. The Bertz CT molecular complexity index is 1360. The first kappa shape index (κ1) is 32.4. The maximum Gasteiger partial charge on any atom is 0.416 e. The normalized spacial score (nSPS) is 12.4. The molecule has 0 fully saturated rings. The molecule has 0 spiro atoms. The smallest absolute Gasteiger partial charge is 0.395 e. The maximum atomic E-state index is 13.8. The first-order chi connectivity index (χ1) is 19.0. The van der Waals surface area contributed by atoms with Gasteiger partial charge in [-0.3, -0.25) is 4.79 Å². The molecule has 0 atom stereocenters. The Hall–Kier alpha value is -3.16. The number of carbonyl (C=O) groups excluding carboxylic acids is 1. The van der Waals surface area contributed by atoms with Crippen molar-refractivity contribution in [3.63, 3.8) is 0 Å². The van der Waals surface area contributed by atoms with Crippen molar-refractivity contribution in [2.45, 2.75) is 31.6 Å². The summed E-state index contributed by atoms with van der Waals surface area (Å²) in [5.74, 6) is -0.411. The Kier molecular flexibility index (Phi) is 9.77. The summed E-state index contributed by atoms with van der Waals surface area (Å²) in [5, 5.41) is 18.9. The summed E-state index contributed by atoms with van der Waals surface area (Å²) in [6.45, 7) is 2.37. The van der Waals surface area contributed by atoms with Crippen LogP contribution in [0.5, 0.6) is 0 Å². The molecule has 3 aromatic rings. The molecule has 6 nitrogen and oxygen atoms in total. The van der Waals surface area contributed by atoms with E-state index < -0.39 is 40.4 Å². The molecule has 2 aromatic carbocycles. The number of amides is 1. The van der Waals surface area contributed by atoms with Gasteiger partial charge >= 0.3 is 12.4 Å². The highest BCUT2D eigenvalue weighted by Gasteiger charge is 2.41. The molecular weight excluding hydrogens is 620 g/mol. The molecule has 1 amide bonds. The topological polar surface area (TPSA) is 76.9 Å². The predicted molar refractivity (Wildman–Crippen MR) is 147 cm³/mol. The van der Waals surface area contributed by atoms with Crippen LogP contribution in [0.3, 0.4) is 0 Å². The largest absolute Gasteiger partial charge is 0.416 e. The van der Waals surface area contributed by atoms with Gasteiger partial charge in [0.05, 0.1) is 41.6 Å². The number of aliphatic hydroxyl groups is 2. The van der Waals surface area contributed by atoms with Crippen LogP contribution in [0, 0.1) is 0 Å². The highest BCUT2D eigenvalue weighted by atomic mass is 79.9. The first-order valence-electron chi connectivity index (χ1n) is 12.3. The molecule has 0 radical (unpaired) electrons. The van der Waals surface area contributed by atoms with Gasteiger partial charge in [0.2, 0.25) is 5.91 Å². The van der Waals surface area contributed by atoms with E-state index in [-0.39, 0.29) is 38.1 Å². The van der Waals surface area contributed by atoms with Crippen molar-refractivity contribution < 1.29 is 41.4 Å². The van der Waals surface area contributed by atoms with Crippen molar-refractivity contribution in [2.75, 3.05) is 43.2 Å². The summed E-state index contributed by atoms with van der Waals surface area (Å²) in [6, 6.07) is 9.78. The van der Waals surface area contributed by atoms with E-state index in [0.29, 0.717) is 33.6 Å². The van der Waals surface area contributed by atoms with Crippen LogP contribution in [0.15, 0.2) is 59.2 Å². The lowest BCUT2D eigenvalue weighted by Gasteiger charge is -2.32. The number of hydrogen-bond acceptors (Lipinski definition) is 5. The van der Waals surface area contributed by atoms with Crippen molar-refractivity contribution in [3.05, 3.63) is 75.9 Å². The molecular formula is C28H28BrF6N3O3. The van der Waals surface area contributed by atoms with E-state index in [1.54, 1.807) is 35.2 Å². The van der Waals surface area contributed by atoms with Crippen molar-refractivity contribution in [2.24, 2.45) is 0 Å². The number of alkyl halides is 6. The van der Waals surface area contributed by atoms with Gasteiger partial charge in [0.25, 0.3) is 0 Å². The predicted octanol–water partition coefficient (Wildman–Crippen LogP) is 6.28. The number of carbonyl (C=O) groups is 1. The van der Waals surface area contributed by atoms with E-state index in [1.165, 1.54) is 27.1 Å². The van der Waals surface area contributed by atoms with Crippen LogP contribution in [0.25, 0.3) is 11.1 Å². The average molecular weight is 648 g/mol. The van der Waals surface area contributed by atoms with Gasteiger partial charge in [-0.1, -0.05) is 34.1 Å². The van der Waals surface area contributed by atoms with Gasteiger partial charge < -0.3 is 20.0 Å². The van der Waals surface area contributed by atoms with Crippen LogP contribution in [0.1, 0.15) is 30.5 Å². The fraction of sp³-hybridized carbons (Fsp3) is 0.357. The summed E-state index contributed by atoms with van der Waals surface area (Å²) in [4.78, 5) is 21.0. The SMILES string of the molecule is CN(C(=O)C(C)(C)c1cc(C(F)(F)F)cc(C(F)(F)F)c1)c1cnc(N(CCO)CCO)cc1-c1ccccc1Br. The van der Waals surface area contributed by atoms with Crippen LogP contribution < -0.4 is 9.80 Å². The molecule has 0 aliphatic rings. The molecule has 0 aliphatic carbocycles. The molecule has 1 aromatic heterocycles. The molecule has 1 heterocycles. The number of aromatic nitrogens is 1. The highest BCUT2D eigenvalue weighted by molar-refractivity contribution is 9.10. The number of benzene rings is 2. The second kappa shape index (κ2) is 12.4. The van der Waals surface area contributed by atoms with E-state index in [0.717, 1.165) is 4.90 Å². The Balaban J connectivity index is 2.17. The Morgan fingerprint density at radius 1 is 0.854 bits per heavy atom. The summed E-state index contributed by atoms with van der Waals surface area (Å²) in [5.41, 5.74) is -3.99. The number of pyridine rings is 1. The van der Waals surface area contributed by atoms with E-state index in [1.807, 2.05) is 0 Å². The van der Waals surface area contributed by atoms with Gasteiger partial charge in [-0.15, -0.1) is 0 Å². The lowest BCUT2D eigenvalue weighted by atomic mass is 9.81. The van der Waals surface area contributed by atoms with E-state index in [9.17, 15) is 41.4 Å². The molecule has 0 saturated heterocycles. The molecule has 0 aliphatic heterocycles. The zero-order chi connectivity index (χ0) is 30.8. The number of rotatable bonds is 9. The monoisotopic (exact) mass is 647 g/mol. The van der Waals surface area contributed by atoms with Gasteiger partial charge in [-0.2, -0.15) is 26.3 Å². The summed E-state index contributed by atoms with van der Waals surface area (Å²) < 4.78 is 81.8. The van der Waals surface area contributed by atoms with E-state index >= 15 is 0 Å². The Morgan fingerprint density at radius 3 is 1.85 bits per heavy atom. The molecule has 0 unspecified atom stereocenters.